The molecular weight excluding hydrogens is 251 g/mol. The topological polar surface area (TPSA) is 55.4 Å². The van der Waals surface area contributed by atoms with Gasteiger partial charge in [-0.2, -0.15) is 13.2 Å². The number of esters is 1. The molecule has 0 atom stereocenters. The van der Waals surface area contributed by atoms with E-state index in [1.807, 2.05) is 0 Å². The van der Waals surface area contributed by atoms with Gasteiger partial charge in [0.1, 0.15) is 0 Å². The maximum atomic E-state index is 12.5. The van der Waals surface area contributed by atoms with Crippen molar-refractivity contribution in [1.82, 2.24) is 5.32 Å². The lowest BCUT2D eigenvalue weighted by Crippen LogP contribution is -2.22. The molecule has 0 aromatic rings. The normalized spacial score (nSPS) is 15.5. The summed E-state index contributed by atoms with van der Waals surface area (Å²) in [5, 5.41) is 2.22. The van der Waals surface area contributed by atoms with E-state index in [4.69, 9.17) is 0 Å². The van der Waals surface area contributed by atoms with Crippen LogP contribution in [0, 0.1) is 0 Å². The Morgan fingerprint density at radius 1 is 1.44 bits per heavy atom. The Morgan fingerprint density at radius 2 is 2.06 bits per heavy atom. The minimum absolute atomic E-state index is 0.0465. The summed E-state index contributed by atoms with van der Waals surface area (Å²) in [7, 11) is 0. The molecule has 100 valence electrons. The van der Waals surface area contributed by atoms with Crippen molar-refractivity contribution in [2.24, 2.45) is 0 Å². The van der Waals surface area contributed by atoms with E-state index < -0.39 is 30.0 Å². The van der Waals surface area contributed by atoms with Crippen LogP contribution < -0.4 is 5.32 Å². The van der Waals surface area contributed by atoms with Crippen LogP contribution >= 0.6 is 0 Å². The lowest BCUT2D eigenvalue weighted by molar-refractivity contribution is -0.138. The third kappa shape index (κ3) is 3.35. The first-order valence-electron chi connectivity index (χ1n) is 5.21. The van der Waals surface area contributed by atoms with Crippen molar-refractivity contribution in [3.63, 3.8) is 0 Å². The van der Waals surface area contributed by atoms with Gasteiger partial charge >= 0.3 is 12.1 Å². The molecule has 7 heteroatoms. The fourth-order valence-electron chi connectivity index (χ4n) is 1.50. The predicted molar refractivity (Wildman–Crippen MR) is 56.2 cm³/mol. The van der Waals surface area contributed by atoms with Crippen LogP contribution in [0.2, 0.25) is 0 Å². The predicted octanol–water partition coefficient (Wildman–Crippen LogP) is 1.83. The van der Waals surface area contributed by atoms with Gasteiger partial charge in [0.2, 0.25) is 5.91 Å². The molecule has 0 radical (unpaired) electrons. The van der Waals surface area contributed by atoms with Gasteiger partial charge in [-0.3, -0.25) is 4.79 Å². The van der Waals surface area contributed by atoms with Crippen molar-refractivity contribution < 1.29 is 27.5 Å². The molecule has 1 rings (SSSR count). The van der Waals surface area contributed by atoms with Gasteiger partial charge in [0.25, 0.3) is 0 Å². The van der Waals surface area contributed by atoms with Crippen LogP contribution in [0.1, 0.15) is 20.3 Å². The molecule has 0 spiro atoms. The van der Waals surface area contributed by atoms with Crippen molar-refractivity contribution in [3.8, 4) is 0 Å². The number of carbonyl (C=O) groups is 2. The van der Waals surface area contributed by atoms with Crippen LogP contribution in [0.3, 0.4) is 0 Å². The minimum Gasteiger partial charge on any atom is -0.462 e. The van der Waals surface area contributed by atoms with E-state index in [-0.39, 0.29) is 17.9 Å². The Bertz CT molecular complexity index is 435. The zero-order chi connectivity index (χ0) is 13.9. The maximum absolute atomic E-state index is 12.5. The number of nitrogens with one attached hydrogen (secondary N) is 1. The lowest BCUT2D eigenvalue weighted by atomic mass is 10.2. The smallest absolute Gasteiger partial charge is 0.413 e. The van der Waals surface area contributed by atoms with Crippen LogP contribution in [0.25, 0.3) is 0 Å². The van der Waals surface area contributed by atoms with Crippen molar-refractivity contribution >= 4 is 11.9 Å². The van der Waals surface area contributed by atoms with Crippen molar-refractivity contribution in [2.75, 3.05) is 6.61 Å². The van der Waals surface area contributed by atoms with Gasteiger partial charge in [-0.05, 0) is 13.0 Å². The third-order valence-electron chi connectivity index (χ3n) is 2.20. The molecule has 1 N–H and O–H groups in total. The number of amides is 1. The summed E-state index contributed by atoms with van der Waals surface area (Å²) < 4.78 is 42.2. The number of alkyl halides is 3. The van der Waals surface area contributed by atoms with Gasteiger partial charge in [0, 0.05) is 24.6 Å². The second-order valence-electron chi connectivity index (χ2n) is 3.64. The molecule has 0 bridgehead atoms. The SMILES string of the molecule is CCOC(=O)C1=C(NC(C)=O)CC(C(F)(F)F)=C1. The average Bonchev–Trinajstić information content (AvgIpc) is 2.60. The largest absolute Gasteiger partial charge is 0.462 e. The highest BCUT2D eigenvalue weighted by Gasteiger charge is 2.38. The number of carbonyl (C=O) groups excluding carboxylic acids is 2. The summed E-state index contributed by atoms with van der Waals surface area (Å²) in [5.41, 5.74) is -1.21. The first-order valence-corrected chi connectivity index (χ1v) is 5.21. The fourth-order valence-corrected chi connectivity index (χ4v) is 1.50. The first kappa shape index (κ1) is 14.3. The van der Waals surface area contributed by atoms with Gasteiger partial charge in [0.15, 0.2) is 0 Å². The van der Waals surface area contributed by atoms with Crippen LogP contribution in [0.4, 0.5) is 13.2 Å². The second-order valence-corrected chi connectivity index (χ2v) is 3.64. The van der Waals surface area contributed by atoms with Crippen LogP contribution in [-0.2, 0) is 14.3 Å². The lowest BCUT2D eigenvalue weighted by Gasteiger charge is -2.09. The molecule has 0 heterocycles. The molecule has 0 aromatic heterocycles. The molecule has 0 aromatic carbocycles. The van der Waals surface area contributed by atoms with Crippen LogP contribution in [-0.4, -0.2) is 24.7 Å². The molecule has 0 saturated heterocycles. The van der Waals surface area contributed by atoms with Gasteiger partial charge in [-0.1, -0.05) is 0 Å². The molecule has 4 nitrogen and oxygen atoms in total. The van der Waals surface area contributed by atoms with E-state index in [1.165, 1.54) is 0 Å². The first-order chi connectivity index (χ1) is 8.25. The standard InChI is InChI=1S/C11H12F3NO3/c1-3-18-10(17)8-4-7(11(12,13)14)5-9(8)15-6(2)16/h4H,3,5H2,1-2H3,(H,15,16). The Hall–Kier alpha value is -1.79. The average molecular weight is 263 g/mol. The monoisotopic (exact) mass is 263 g/mol. The highest BCUT2D eigenvalue weighted by atomic mass is 19.4. The molecule has 0 unspecified atom stereocenters. The third-order valence-corrected chi connectivity index (χ3v) is 2.20. The molecule has 1 amide bonds. The number of rotatable bonds is 3. The minimum atomic E-state index is -4.53. The molecular formula is C11H12F3NO3. The molecule has 18 heavy (non-hydrogen) atoms. The maximum Gasteiger partial charge on any atom is 0.413 e. The summed E-state index contributed by atoms with van der Waals surface area (Å²) in [6.45, 7) is 2.74. The quantitative estimate of drug-likeness (QED) is 0.790. The number of hydrogen-bond acceptors (Lipinski definition) is 3. The zero-order valence-electron chi connectivity index (χ0n) is 9.85. The van der Waals surface area contributed by atoms with Gasteiger partial charge in [-0.15, -0.1) is 0 Å². The van der Waals surface area contributed by atoms with E-state index >= 15 is 0 Å². The van der Waals surface area contributed by atoms with Crippen LogP contribution in [0.15, 0.2) is 22.9 Å². The van der Waals surface area contributed by atoms with Crippen molar-refractivity contribution in [1.29, 1.82) is 0 Å². The second kappa shape index (κ2) is 5.24. The fraction of sp³-hybridized carbons (Fsp3) is 0.455. The van der Waals surface area contributed by atoms with Crippen LogP contribution in [0.5, 0.6) is 0 Å². The highest BCUT2D eigenvalue weighted by Crippen LogP contribution is 2.36. The van der Waals surface area contributed by atoms with E-state index in [9.17, 15) is 22.8 Å². The number of halogens is 3. The summed E-state index contributed by atoms with van der Waals surface area (Å²) in [5.74, 6) is -1.41. The molecule has 1 aliphatic rings. The van der Waals surface area contributed by atoms with Crippen molar-refractivity contribution in [2.45, 2.75) is 26.4 Å². The Kier molecular flexibility index (Phi) is 4.15. The summed E-state index contributed by atoms with van der Waals surface area (Å²) in [6.07, 6.45) is -4.35. The number of ether oxygens (including phenoxy) is 1. The van der Waals surface area contributed by atoms with Crippen molar-refractivity contribution in [3.05, 3.63) is 22.9 Å². The number of allylic oxidation sites excluding steroid dienone is 1. The van der Waals surface area contributed by atoms with E-state index in [2.05, 4.69) is 10.1 Å². The van der Waals surface area contributed by atoms with Gasteiger partial charge in [-0.25, -0.2) is 4.79 Å². The highest BCUT2D eigenvalue weighted by molar-refractivity contribution is 5.95. The van der Waals surface area contributed by atoms with E-state index in [0.717, 1.165) is 6.92 Å². The molecule has 0 saturated carbocycles. The van der Waals surface area contributed by atoms with E-state index in [0.29, 0.717) is 6.08 Å². The summed E-state index contributed by atoms with van der Waals surface area (Å²) in [6, 6.07) is 0. The van der Waals surface area contributed by atoms with Gasteiger partial charge < -0.3 is 10.1 Å². The Balaban J connectivity index is 3.01. The molecule has 0 fully saturated rings. The molecule has 0 aliphatic heterocycles. The molecule has 1 aliphatic carbocycles. The number of hydrogen-bond donors (Lipinski definition) is 1. The Labute approximate surface area is 101 Å². The summed E-state index contributed by atoms with van der Waals surface area (Å²) in [4.78, 5) is 22.3. The van der Waals surface area contributed by atoms with Gasteiger partial charge in [0.05, 0.1) is 12.2 Å². The van der Waals surface area contributed by atoms with E-state index in [1.54, 1.807) is 6.92 Å². The zero-order valence-corrected chi connectivity index (χ0v) is 9.85. The summed E-state index contributed by atoms with van der Waals surface area (Å²) >= 11 is 0. The Morgan fingerprint density at radius 3 is 2.50 bits per heavy atom.